The molecule has 1 amide bonds. The number of nitrogens with two attached hydrogens (primary N) is 1. The molecule has 1 heterocycles. The highest BCUT2D eigenvalue weighted by Crippen LogP contribution is 2.21. The number of carbonyl (C=O) groups is 1. The van der Waals surface area contributed by atoms with Gasteiger partial charge < -0.3 is 10.6 Å². The minimum Gasteiger partial charge on any atom is -0.396 e. The molecular formula is C10H15F3N4O. The molecular weight excluding hydrogens is 249 g/mol. The number of halogens is 3. The van der Waals surface area contributed by atoms with Gasteiger partial charge in [-0.05, 0) is 13.8 Å². The summed E-state index contributed by atoms with van der Waals surface area (Å²) in [5.41, 5.74) is 5.25. The van der Waals surface area contributed by atoms with Crippen LogP contribution in [0.2, 0.25) is 0 Å². The highest BCUT2D eigenvalue weighted by Gasteiger charge is 2.32. The monoisotopic (exact) mass is 264 g/mol. The van der Waals surface area contributed by atoms with Crippen LogP contribution in [-0.4, -0.2) is 39.9 Å². The summed E-state index contributed by atoms with van der Waals surface area (Å²) >= 11 is 0. The third kappa shape index (κ3) is 3.14. The van der Waals surface area contributed by atoms with Crippen molar-refractivity contribution in [3.8, 4) is 0 Å². The van der Waals surface area contributed by atoms with Crippen LogP contribution >= 0.6 is 0 Å². The standard InChI is InChI=1S/C10H15F3N4O/c1-3-16(4-2)9(18)8-7(14)5-15-17(8)6-10(11,12)13/h5H,3-4,6,14H2,1-2H3. The molecule has 0 atom stereocenters. The smallest absolute Gasteiger partial charge is 0.396 e. The number of carbonyl (C=O) groups excluding carboxylic acids is 1. The van der Waals surface area contributed by atoms with Crippen molar-refractivity contribution < 1.29 is 18.0 Å². The number of aromatic nitrogens is 2. The second-order valence-corrected chi connectivity index (χ2v) is 3.70. The lowest BCUT2D eigenvalue weighted by Gasteiger charge is -2.19. The lowest BCUT2D eigenvalue weighted by Crippen LogP contribution is -2.34. The van der Waals surface area contributed by atoms with E-state index in [4.69, 9.17) is 5.73 Å². The number of hydrogen-bond acceptors (Lipinski definition) is 3. The van der Waals surface area contributed by atoms with Gasteiger partial charge in [0.15, 0.2) is 0 Å². The summed E-state index contributed by atoms with van der Waals surface area (Å²) in [5, 5.41) is 3.50. The molecule has 0 spiro atoms. The second-order valence-electron chi connectivity index (χ2n) is 3.70. The van der Waals surface area contributed by atoms with E-state index in [-0.39, 0.29) is 11.4 Å². The van der Waals surface area contributed by atoms with Gasteiger partial charge in [0.25, 0.3) is 5.91 Å². The molecule has 0 radical (unpaired) electrons. The van der Waals surface area contributed by atoms with Crippen molar-refractivity contribution in [2.75, 3.05) is 18.8 Å². The van der Waals surface area contributed by atoms with Gasteiger partial charge in [-0.25, -0.2) is 4.68 Å². The lowest BCUT2D eigenvalue weighted by atomic mass is 10.3. The largest absolute Gasteiger partial charge is 0.408 e. The molecule has 8 heteroatoms. The normalized spacial score (nSPS) is 11.6. The molecule has 0 aliphatic rings. The van der Waals surface area contributed by atoms with Crippen LogP contribution in [0.5, 0.6) is 0 Å². The Balaban J connectivity index is 3.08. The van der Waals surface area contributed by atoms with E-state index in [0.717, 1.165) is 6.20 Å². The summed E-state index contributed by atoms with van der Waals surface area (Å²) in [6, 6.07) is 0. The zero-order valence-corrected chi connectivity index (χ0v) is 10.2. The fraction of sp³-hybridized carbons (Fsp3) is 0.600. The number of nitrogen functional groups attached to an aromatic ring is 1. The van der Waals surface area contributed by atoms with E-state index in [1.54, 1.807) is 13.8 Å². The van der Waals surface area contributed by atoms with Crippen molar-refractivity contribution >= 4 is 11.6 Å². The average molecular weight is 264 g/mol. The van der Waals surface area contributed by atoms with Crippen molar-refractivity contribution in [1.82, 2.24) is 14.7 Å². The van der Waals surface area contributed by atoms with Crippen LogP contribution in [0, 0.1) is 0 Å². The minimum absolute atomic E-state index is 0.0452. The summed E-state index contributed by atoms with van der Waals surface area (Å²) in [5.74, 6) is -0.542. The van der Waals surface area contributed by atoms with E-state index >= 15 is 0 Å². The molecule has 5 nitrogen and oxygen atoms in total. The molecule has 18 heavy (non-hydrogen) atoms. The third-order valence-electron chi connectivity index (χ3n) is 2.45. The minimum atomic E-state index is -4.45. The Morgan fingerprint density at radius 3 is 2.44 bits per heavy atom. The Bertz CT molecular complexity index is 423. The van der Waals surface area contributed by atoms with E-state index < -0.39 is 18.6 Å². The van der Waals surface area contributed by atoms with E-state index in [0.29, 0.717) is 17.8 Å². The molecule has 0 saturated heterocycles. The van der Waals surface area contributed by atoms with Gasteiger partial charge in [-0.3, -0.25) is 4.79 Å². The maximum atomic E-state index is 12.3. The van der Waals surface area contributed by atoms with E-state index in [1.165, 1.54) is 4.90 Å². The molecule has 1 aromatic rings. The highest BCUT2D eigenvalue weighted by atomic mass is 19.4. The van der Waals surface area contributed by atoms with Crippen LogP contribution in [0.1, 0.15) is 24.3 Å². The van der Waals surface area contributed by atoms with Crippen LogP contribution in [0.25, 0.3) is 0 Å². The fourth-order valence-electron chi connectivity index (χ4n) is 1.58. The highest BCUT2D eigenvalue weighted by molar-refractivity contribution is 5.97. The number of amides is 1. The van der Waals surface area contributed by atoms with Gasteiger partial charge in [0.05, 0.1) is 11.9 Å². The zero-order valence-electron chi connectivity index (χ0n) is 10.2. The zero-order chi connectivity index (χ0) is 13.9. The number of alkyl halides is 3. The Hall–Kier alpha value is -1.73. The Labute approximate surface area is 102 Å². The predicted molar refractivity (Wildman–Crippen MR) is 59.9 cm³/mol. The first-order valence-corrected chi connectivity index (χ1v) is 5.47. The molecule has 102 valence electrons. The summed E-state index contributed by atoms with van der Waals surface area (Å²) < 4.78 is 37.6. The van der Waals surface area contributed by atoms with Crippen molar-refractivity contribution in [2.24, 2.45) is 0 Å². The van der Waals surface area contributed by atoms with E-state index in [1.807, 2.05) is 0 Å². The first kappa shape index (κ1) is 14.3. The van der Waals surface area contributed by atoms with Crippen LogP contribution in [-0.2, 0) is 6.54 Å². The first-order valence-electron chi connectivity index (χ1n) is 5.47. The number of rotatable bonds is 4. The molecule has 0 aliphatic heterocycles. The molecule has 1 aromatic heterocycles. The molecule has 2 N–H and O–H groups in total. The molecule has 0 fully saturated rings. The van der Waals surface area contributed by atoms with Gasteiger partial charge >= 0.3 is 6.18 Å². The predicted octanol–water partition coefficient (Wildman–Crippen LogP) is 1.51. The van der Waals surface area contributed by atoms with Crippen molar-refractivity contribution in [3.63, 3.8) is 0 Å². The van der Waals surface area contributed by atoms with Crippen LogP contribution < -0.4 is 5.73 Å². The number of anilines is 1. The molecule has 0 bridgehead atoms. The van der Waals surface area contributed by atoms with Gasteiger partial charge in [-0.2, -0.15) is 18.3 Å². The Kier molecular flexibility index (Phi) is 4.20. The first-order chi connectivity index (χ1) is 8.30. The number of hydrogen-bond donors (Lipinski definition) is 1. The third-order valence-corrected chi connectivity index (χ3v) is 2.45. The lowest BCUT2D eigenvalue weighted by molar-refractivity contribution is -0.142. The fourth-order valence-corrected chi connectivity index (χ4v) is 1.58. The van der Waals surface area contributed by atoms with Crippen molar-refractivity contribution in [2.45, 2.75) is 26.6 Å². The Morgan fingerprint density at radius 2 is 2.00 bits per heavy atom. The van der Waals surface area contributed by atoms with E-state index in [2.05, 4.69) is 5.10 Å². The summed E-state index contributed by atoms with van der Waals surface area (Å²) in [4.78, 5) is 13.4. The molecule has 0 aliphatic carbocycles. The van der Waals surface area contributed by atoms with Gasteiger partial charge in [-0.1, -0.05) is 0 Å². The molecule has 0 aromatic carbocycles. The quantitative estimate of drug-likeness (QED) is 0.896. The van der Waals surface area contributed by atoms with Gasteiger partial charge in [-0.15, -0.1) is 0 Å². The topological polar surface area (TPSA) is 64.2 Å². The molecule has 0 unspecified atom stereocenters. The Morgan fingerprint density at radius 1 is 1.44 bits per heavy atom. The van der Waals surface area contributed by atoms with Crippen LogP contribution in [0.15, 0.2) is 6.20 Å². The molecule has 1 rings (SSSR count). The maximum absolute atomic E-state index is 12.3. The summed E-state index contributed by atoms with van der Waals surface area (Å²) in [6.45, 7) is 2.94. The number of nitrogens with zero attached hydrogens (tertiary/aromatic N) is 3. The van der Waals surface area contributed by atoms with Crippen LogP contribution in [0.4, 0.5) is 18.9 Å². The second kappa shape index (κ2) is 5.28. The SMILES string of the molecule is CCN(CC)C(=O)c1c(N)cnn1CC(F)(F)F. The van der Waals surface area contributed by atoms with Crippen LogP contribution in [0.3, 0.4) is 0 Å². The van der Waals surface area contributed by atoms with Gasteiger partial charge in [0.1, 0.15) is 12.2 Å². The molecule has 0 saturated carbocycles. The summed E-state index contributed by atoms with van der Waals surface area (Å²) in [7, 11) is 0. The van der Waals surface area contributed by atoms with Crippen molar-refractivity contribution in [1.29, 1.82) is 0 Å². The van der Waals surface area contributed by atoms with E-state index in [9.17, 15) is 18.0 Å². The van der Waals surface area contributed by atoms with Crippen molar-refractivity contribution in [3.05, 3.63) is 11.9 Å². The van der Waals surface area contributed by atoms with Gasteiger partial charge in [0, 0.05) is 13.1 Å². The maximum Gasteiger partial charge on any atom is 0.408 e. The van der Waals surface area contributed by atoms with Gasteiger partial charge in [0.2, 0.25) is 0 Å². The average Bonchev–Trinajstić information content (AvgIpc) is 2.58. The summed E-state index contributed by atoms with van der Waals surface area (Å²) in [6.07, 6.45) is -3.39.